The lowest BCUT2D eigenvalue weighted by molar-refractivity contribution is -0.0767. The minimum Gasteiger partial charge on any atom is -0.368 e. The van der Waals surface area contributed by atoms with Crippen LogP contribution < -0.4 is 5.32 Å². The third-order valence-electron chi connectivity index (χ3n) is 2.50. The number of nitrogens with one attached hydrogen (secondary N) is 1. The van der Waals surface area contributed by atoms with Gasteiger partial charge in [0.15, 0.2) is 0 Å². The molecule has 2 rings (SSSR count). The van der Waals surface area contributed by atoms with Crippen molar-refractivity contribution in [3.63, 3.8) is 0 Å². The van der Waals surface area contributed by atoms with Gasteiger partial charge in [-0.15, -0.1) is 0 Å². The highest BCUT2D eigenvalue weighted by Gasteiger charge is 2.32. The van der Waals surface area contributed by atoms with Gasteiger partial charge in [0.05, 0.1) is 12.2 Å². The van der Waals surface area contributed by atoms with Crippen molar-refractivity contribution in [3.8, 4) is 0 Å². The van der Waals surface area contributed by atoms with Crippen molar-refractivity contribution in [2.45, 2.75) is 19.1 Å². The molecule has 3 heteroatoms. The summed E-state index contributed by atoms with van der Waals surface area (Å²) in [5.41, 5.74) is 1.31. The molecule has 0 saturated carbocycles. The van der Waals surface area contributed by atoms with Crippen molar-refractivity contribution < 1.29 is 4.74 Å². The largest absolute Gasteiger partial charge is 0.368 e. The van der Waals surface area contributed by atoms with Crippen LogP contribution in [0.1, 0.15) is 12.5 Å². The summed E-state index contributed by atoms with van der Waals surface area (Å²) in [6.07, 6.45) is 0. The standard InChI is InChI=1S/C11H14INO/c1-11(7-13-8-11)14-6-9-2-4-10(12)5-3-9/h2-5,13H,6-8H2,1H3. The van der Waals surface area contributed by atoms with Crippen molar-refractivity contribution in [1.82, 2.24) is 5.32 Å². The van der Waals surface area contributed by atoms with E-state index in [1.54, 1.807) is 0 Å². The molecule has 1 aromatic rings. The molecule has 1 saturated heterocycles. The van der Waals surface area contributed by atoms with Crippen LogP contribution in [0.25, 0.3) is 0 Å². The van der Waals surface area contributed by atoms with Crippen LogP contribution in [0.3, 0.4) is 0 Å². The van der Waals surface area contributed by atoms with Gasteiger partial charge in [-0.05, 0) is 47.2 Å². The van der Waals surface area contributed by atoms with Crippen molar-refractivity contribution in [3.05, 3.63) is 33.4 Å². The van der Waals surface area contributed by atoms with Crippen molar-refractivity contribution in [2.75, 3.05) is 13.1 Å². The first kappa shape index (κ1) is 10.4. The zero-order chi connectivity index (χ0) is 10.0. The van der Waals surface area contributed by atoms with E-state index >= 15 is 0 Å². The van der Waals surface area contributed by atoms with E-state index in [1.807, 2.05) is 0 Å². The molecule has 1 fully saturated rings. The van der Waals surface area contributed by atoms with Crippen LogP contribution in [0.5, 0.6) is 0 Å². The first-order valence-corrected chi connectivity index (χ1v) is 5.85. The lowest BCUT2D eigenvalue weighted by Gasteiger charge is -2.39. The van der Waals surface area contributed by atoms with Crippen molar-refractivity contribution >= 4 is 22.6 Å². The summed E-state index contributed by atoms with van der Waals surface area (Å²) in [6, 6.07) is 8.47. The molecule has 14 heavy (non-hydrogen) atoms. The normalized spacial score (nSPS) is 19.0. The second-order valence-electron chi connectivity index (χ2n) is 3.97. The molecule has 1 heterocycles. The van der Waals surface area contributed by atoms with E-state index in [4.69, 9.17) is 4.74 Å². The molecule has 0 spiro atoms. The zero-order valence-electron chi connectivity index (χ0n) is 8.22. The Hall–Kier alpha value is -0.130. The summed E-state index contributed by atoms with van der Waals surface area (Å²) in [4.78, 5) is 0. The summed E-state index contributed by atoms with van der Waals surface area (Å²) >= 11 is 2.31. The van der Waals surface area contributed by atoms with E-state index in [2.05, 4.69) is 59.1 Å². The Morgan fingerprint density at radius 1 is 1.36 bits per heavy atom. The molecule has 0 bridgehead atoms. The molecule has 0 unspecified atom stereocenters. The predicted molar refractivity (Wildman–Crippen MR) is 65.2 cm³/mol. The van der Waals surface area contributed by atoms with E-state index in [9.17, 15) is 0 Å². The van der Waals surface area contributed by atoms with Crippen LogP contribution in [0.2, 0.25) is 0 Å². The molecule has 76 valence electrons. The lowest BCUT2D eigenvalue weighted by Crippen LogP contribution is -2.58. The molecule has 0 atom stereocenters. The highest BCUT2D eigenvalue weighted by Crippen LogP contribution is 2.18. The second-order valence-corrected chi connectivity index (χ2v) is 5.21. The van der Waals surface area contributed by atoms with Gasteiger partial charge < -0.3 is 10.1 Å². The van der Waals surface area contributed by atoms with Gasteiger partial charge in [0.25, 0.3) is 0 Å². The first-order valence-electron chi connectivity index (χ1n) is 4.77. The van der Waals surface area contributed by atoms with Gasteiger partial charge in [-0.1, -0.05) is 12.1 Å². The van der Waals surface area contributed by atoms with E-state index in [1.165, 1.54) is 9.13 Å². The highest BCUT2D eigenvalue weighted by atomic mass is 127. The Morgan fingerprint density at radius 3 is 2.50 bits per heavy atom. The monoisotopic (exact) mass is 303 g/mol. The molecule has 2 nitrogen and oxygen atoms in total. The van der Waals surface area contributed by atoms with Crippen LogP contribution >= 0.6 is 22.6 Å². The molecular weight excluding hydrogens is 289 g/mol. The second kappa shape index (κ2) is 4.16. The average Bonchev–Trinajstić information content (AvgIpc) is 2.14. The summed E-state index contributed by atoms with van der Waals surface area (Å²) < 4.78 is 7.09. The van der Waals surface area contributed by atoms with E-state index in [0.717, 1.165) is 19.7 Å². The maximum Gasteiger partial charge on any atom is 0.0906 e. The molecule has 0 aliphatic carbocycles. The number of halogens is 1. The van der Waals surface area contributed by atoms with Crippen LogP contribution in [0, 0.1) is 3.57 Å². The molecule has 1 aliphatic heterocycles. The summed E-state index contributed by atoms with van der Waals surface area (Å²) in [6.45, 7) is 4.81. The van der Waals surface area contributed by atoms with Crippen molar-refractivity contribution in [2.24, 2.45) is 0 Å². The number of rotatable bonds is 3. The van der Waals surface area contributed by atoms with Crippen LogP contribution in [-0.2, 0) is 11.3 Å². The smallest absolute Gasteiger partial charge is 0.0906 e. The Bertz CT molecular complexity index is 306. The fourth-order valence-corrected chi connectivity index (χ4v) is 1.78. The summed E-state index contributed by atoms with van der Waals surface area (Å²) in [7, 11) is 0. The summed E-state index contributed by atoms with van der Waals surface area (Å²) in [5, 5.41) is 3.22. The average molecular weight is 303 g/mol. The number of ether oxygens (including phenoxy) is 1. The van der Waals surface area contributed by atoms with Gasteiger partial charge in [0.1, 0.15) is 0 Å². The molecule has 0 amide bonds. The fraction of sp³-hybridized carbons (Fsp3) is 0.455. The van der Waals surface area contributed by atoms with Crippen LogP contribution in [0.4, 0.5) is 0 Å². The van der Waals surface area contributed by atoms with Crippen LogP contribution in [-0.4, -0.2) is 18.7 Å². The quantitative estimate of drug-likeness (QED) is 0.864. The number of hydrogen-bond acceptors (Lipinski definition) is 2. The molecule has 1 aliphatic rings. The Kier molecular flexibility index (Phi) is 3.09. The molecule has 1 N–H and O–H groups in total. The Labute approximate surface area is 98.2 Å². The van der Waals surface area contributed by atoms with Gasteiger partial charge in [-0.3, -0.25) is 0 Å². The number of benzene rings is 1. The third-order valence-corrected chi connectivity index (χ3v) is 3.22. The van der Waals surface area contributed by atoms with Crippen molar-refractivity contribution in [1.29, 1.82) is 0 Å². The predicted octanol–water partition coefficient (Wildman–Crippen LogP) is 2.17. The van der Waals surface area contributed by atoms with Gasteiger partial charge in [0, 0.05) is 16.7 Å². The maximum absolute atomic E-state index is 5.83. The fourth-order valence-electron chi connectivity index (χ4n) is 1.42. The van der Waals surface area contributed by atoms with Gasteiger partial charge in [-0.2, -0.15) is 0 Å². The number of hydrogen-bond donors (Lipinski definition) is 1. The van der Waals surface area contributed by atoms with E-state index < -0.39 is 0 Å². The highest BCUT2D eigenvalue weighted by molar-refractivity contribution is 14.1. The first-order chi connectivity index (χ1) is 6.68. The Morgan fingerprint density at radius 2 is 2.00 bits per heavy atom. The van der Waals surface area contributed by atoms with Gasteiger partial charge in [-0.25, -0.2) is 0 Å². The maximum atomic E-state index is 5.83. The van der Waals surface area contributed by atoms with E-state index in [-0.39, 0.29) is 5.60 Å². The zero-order valence-corrected chi connectivity index (χ0v) is 10.4. The Balaban J connectivity index is 1.88. The summed E-state index contributed by atoms with van der Waals surface area (Å²) in [5.74, 6) is 0. The van der Waals surface area contributed by atoms with Gasteiger partial charge in [0.2, 0.25) is 0 Å². The lowest BCUT2D eigenvalue weighted by atomic mass is 10.00. The van der Waals surface area contributed by atoms with Gasteiger partial charge >= 0.3 is 0 Å². The van der Waals surface area contributed by atoms with E-state index in [0.29, 0.717) is 0 Å². The minimum absolute atomic E-state index is 0.0585. The molecule has 0 aromatic heterocycles. The molecule has 0 radical (unpaired) electrons. The van der Waals surface area contributed by atoms with Crippen LogP contribution in [0.15, 0.2) is 24.3 Å². The SMILES string of the molecule is CC1(OCc2ccc(I)cc2)CNC1. The third kappa shape index (κ3) is 2.46. The topological polar surface area (TPSA) is 21.3 Å². The molecular formula is C11H14INO. The minimum atomic E-state index is 0.0585. The molecule has 1 aromatic carbocycles.